The minimum atomic E-state index is -0.692. The van der Waals surface area contributed by atoms with Crippen molar-refractivity contribution in [2.24, 2.45) is 0 Å². The fraction of sp³-hybridized carbons (Fsp3) is 0.364. The number of hydrogen-bond donors (Lipinski definition) is 0. The summed E-state index contributed by atoms with van der Waals surface area (Å²) in [7, 11) is 1.47. The van der Waals surface area contributed by atoms with Crippen LogP contribution >= 0.6 is 0 Å². The van der Waals surface area contributed by atoms with Crippen LogP contribution in [-0.4, -0.2) is 36.1 Å². The van der Waals surface area contributed by atoms with E-state index >= 15 is 0 Å². The first-order chi connectivity index (χ1) is 9.01. The van der Waals surface area contributed by atoms with E-state index in [0.717, 1.165) is 0 Å². The number of carbonyl (C=O) groups excluding carboxylic acids is 1. The third-order valence-electron chi connectivity index (χ3n) is 2.24. The highest BCUT2D eigenvalue weighted by atomic mass is 16.6. The number of pyridine rings is 1. The zero-order valence-electron chi connectivity index (χ0n) is 10.5. The summed E-state index contributed by atoms with van der Waals surface area (Å²) in [6.45, 7) is 1.70. The van der Waals surface area contributed by atoms with Crippen molar-refractivity contribution in [1.29, 1.82) is 5.26 Å². The van der Waals surface area contributed by atoms with Crippen LogP contribution in [-0.2, 0) is 9.53 Å². The number of anilines is 1. The van der Waals surface area contributed by atoms with Crippen molar-refractivity contribution in [3.05, 3.63) is 27.9 Å². The van der Waals surface area contributed by atoms with E-state index in [1.54, 1.807) is 13.0 Å². The van der Waals surface area contributed by atoms with Crippen molar-refractivity contribution in [3.63, 3.8) is 0 Å². The van der Waals surface area contributed by atoms with Crippen LogP contribution in [0.15, 0.2) is 12.3 Å². The summed E-state index contributed by atoms with van der Waals surface area (Å²) in [6, 6.07) is 2.98. The van der Waals surface area contributed by atoms with Gasteiger partial charge in [-0.3, -0.25) is 14.9 Å². The minimum Gasteiger partial charge on any atom is -0.465 e. The molecule has 0 bridgehead atoms. The Balaban J connectivity index is 3.10. The maximum Gasteiger partial charge on any atom is 0.329 e. The van der Waals surface area contributed by atoms with Gasteiger partial charge in [-0.25, -0.2) is 4.98 Å². The summed E-state index contributed by atoms with van der Waals surface area (Å²) in [6.07, 6.45) is 1.28. The average molecular weight is 264 g/mol. The fourth-order valence-electron chi connectivity index (χ4n) is 1.47. The smallest absolute Gasteiger partial charge is 0.329 e. The van der Waals surface area contributed by atoms with Crippen LogP contribution in [0.5, 0.6) is 0 Å². The first-order valence-corrected chi connectivity index (χ1v) is 5.41. The van der Waals surface area contributed by atoms with Gasteiger partial charge in [0.05, 0.1) is 11.5 Å². The van der Waals surface area contributed by atoms with Gasteiger partial charge in [-0.1, -0.05) is 0 Å². The van der Waals surface area contributed by atoms with Crippen molar-refractivity contribution in [2.45, 2.75) is 6.92 Å². The molecule has 0 saturated carbocycles. The number of nitrogens with zero attached hydrogens (tertiary/aromatic N) is 4. The van der Waals surface area contributed by atoms with Gasteiger partial charge < -0.3 is 9.64 Å². The third-order valence-corrected chi connectivity index (χ3v) is 2.24. The molecule has 1 rings (SSSR count). The van der Waals surface area contributed by atoms with Crippen LogP contribution in [0.1, 0.15) is 12.5 Å². The third kappa shape index (κ3) is 3.38. The van der Waals surface area contributed by atoms with Crippen LogP contribution in [0.25, 0.3) is 0 Å². The summed E-state index contributed by atoms with van der Waals surface area (Å²) >= 11 is 0. The monoisotopic (exact) mass is 264 g/mol. The highest BCUT2D eigenvalue weighted by molar-refractivity contribution is 5.77. The maximum absolute atomic E-state index is 11.3. The van der Waals surface area contributed by atoms with Crippen molar-refractivity contribution in [1.82, 2.24) is 4.98 Å². The Morgan fingerprint density at radius 2 is 2.37 bits per heavy atom. The lowest BCUT2D eigenvalue weighted by atomic mass is 10.2. The van der Waals surface area contributed by atoms with E-state index in [2.05, 4.69) is 4.98 Å². The number of carbonyl (C=O) groups is 1. The Hall–Kier alpha value is -2.69. The van der Waals surface area contributed by atoms with Gasteiger partial charge in [-0.05, 0) is 13.0 Å². The Bertz CT molecular complexity index is 538. The second kappa shape index (κ2) is 6.30. The molecule has 8 nitrogen and oxygen atoms in total. The molecule has 1 heterocycles. The molecule has 0 unspecified atom stereocenters. The van der Waals surface area contributed by atoms with Crippen molar-refractivity contribution in [2.75, 3.05) is 25.1 Å². The molecule has 0 saturated heterocycles. The number of nitriles is 1. The number of hydrogen-bond acceptors (Lipinski definition) is 7. The highest BCUT2D eigenvalue weighted by Crippen LogP contribution is 2.28. The largest absolute Gasteiger partial charge is 0.465 e. The topological polar surface area (TPSA) is 109 Å². The van der Waals surface area contributed by atoms with Crippen LogP contribution < -0.4 is 4.90 Å². The van der Waals surface area contributed by atoms with Gasteiger partial charge in [0.15, 0.2) is 0 Å². The van der Waals surface area contributed by atoms with Crippen LogP contribution in [0.2, 0.25) is 0 Å². The average Bonchev–Trinajstić information content (AvgIpc) is 2.37. The van der Waals surface area contributed by atoms with Crippen LogP contribution in [0.3, 0.4) is 0 Å². The van der Waals surface area contributed by atoms with Gasteiger partial charge in [0.2, 0.25) is 5.82 Å². The Kier molecular flexibility index (Phi) is 4.76. The summed E-state index contributed by atoms with van der Waals surface area (Å²) in [5, 5.41) is 19.8. The van der Waals surface area contributed by atoms with Crippen molar-refractivity contribution >= 4 is 17.5 Å². The lowest BCUT2D eigenvalue weighted by molar-refractivity contribution is -0.384. The van der Waals surface area contributed by atoms with E-state index in [-0.39, 0.29) is 24.5 Å². The molecule has 0 amide bonds. The molecule has 0 spiro atoms. The summed E-state index contributed by atoms with van der Waals surface area (Å²) in [4.78, 5) is 26.8. The van der Waals surface area contributed by atoms with Crippen molar-refractivity contribution in [3.8, 4) is 6.07 Å². The lowest BCUT2D eigenvalue weighted by Gasteiger charge is -2.16. The molecule has 0 atom stereocenters. The predicted molar refractivity (Wildman–Crippen MR) is 65.5 cm³/mol. The number of nitro groups is 1. The van der Waals surface area contributed by atoms with E-state index in [1.165, 1.54) is 24.2 Å². The number of likely N-dealkylation sites (N-methyl/N-ethyl adjacent to an activating group) is 1. The SMILES string of the molecule is CCOC(=O)CN(C)c1nccc(C#N)c1[N+](=O)[O-]. The molecular weight excluding hydrogens is 252 g/mol. The van der Waals surface area contributed by atoms with Crippen LogP contribution in [0.4, 0.5) is 11.5 Å². The van der Waals surface area contributed by atoms with Gasteiger partial charge in [0, 0.05) is 13.2 Å². The normalized spacial score (nSPS) is 9.53. The Morgan fingerprint density at radius 3 is 2.89 bits per heavy atom. The van der Waals surface area contributed by atoms with E-state index in [4.69, 9.17) is 10.00 Å². The molecule has 8 heteroatoms. The molecule has 1 aromatic heterocycles. The van der Waals surface area contributed by atoms with E-state index in [9.17, 15) is 14.9 Å². The maximum atomic E-state index is 11.3. The molecule has 19 heavy (non-hydrogen) atoms. The number of esters is 1. The van der Waals surface area contributed by atoms with Crippen LogP contribution in [0, 0.1) is 21.4 Å². The van der Waals surface area contributed by atoms with Gasteiger partial charge in [0.25, 0.3) is 0 Å². The molecule has 0 aliphatic rings. The molecule has 0 N–H and O–H groups in total. The second-order valence-electron chi connectivity index (χ2n) is 3.56. The highest BCUT2D eigenvalue weighted by Gasteiger charge is 2.25. The number of rotatable bonds is 5. The zero-order valence-corrected chi connectivity index (χ0v) is 10.5. The van der Waals surface area contributed by atoms with E-state index < -0.39 is 16.6 Å². The summed E-state index contributed by atoms with van der Waals surface area (Å²) in [5.74, 6) is -0.569. The molecule has 0 aromatic carbocycles. The molecule has 1 aromatic rings. The van der Waals surface area contributed by atoms with Gasteiger partial charge >= 0.3 is 11.7 Å². The van der Waals surface area contributed by atoms with Gasteiger partial charge in [-0.2, -0.15) is 5.26 Å². The molecule has 0 aliphatic heterocycles. The minimum absolute atomic E-state index is 0.0443. The first kappa shape index (κ1) is 14.4. The summed E-state index contributed by atoms with van der Waals surface area (Å²) in [5.41, 5.74) is -0.525. The fourth-order valence-corrected chi connectivity index (χ4v) is 1.47. The van der Waals surface area contributed by atoms with E-state index in [0.29, 0.717) is 0 Å². The Morgan fingerprint density at radius 1 is 1.68 bits per heavy atom. The van der Waals surface area contributed by atoms with Gasteiger partial charge in [-0.15, -0.1) is 0 Å². The predicted octanol–water partition coefficient (Wildman–Crippen LogP) is 0.861. The Labute approximate surface area is 109 Å². The molecule has 0 radical (unpaired) electrons. The van der Waals surface area contributed by atoms with Gasteiger partial charge in [0.1, 0.15) is 18.2 Å². The molecular formula is C11H12N4O4. The molecule has 0 fully saturated rings. The summed E-state index contributed by atoms with van der Waals surface area (Å²) < 4.78 is 4.75. The van der Waals surface area contributed by atoms with E-state index in [1.807, 2.05) is 0 Å². The van der Waals surface area contributed by atoms with Crippen molar-refractivity contribution < 1.29 is 14.5 Å². The zero-order chi connectivity index (χ0) is 14.4. The molecule has 0 aliphatic carbocycles. The lowest BCUT2D eigenvalue weighted by Crippen LogP contribution is -2.28. The standard InChI is InChI=1S/C11H12N4O4/c1-3-19-9(16)7-14(2)11-10(15(17)18)8(6-12)4-5-13-11/h4-5H,3,7H2,1-2H3. The quantitative estimate of drug-likeness (QED) is 0.440. The number of aromatic nitrogens is 1. The first-order valence-electron chi connectivity index (χ1n) is 5.41. The number of ether oxygens (including phenoxy) is 1. The second-order valence-corrected chi connectivity index (χ2v) is 3.56. The molecule has 100 valence electrons.